The molecule has 0 amide bonds. The molecule has 34 heavy (non-hydrogen) atoms. The van der Waals surface area contributed by atoms with E-state index in [0.29, 0.717) is 0 Å². The molecule has 2 aliphatic carbocycles. The van der Waals surface area contributed by atoms with E-state index in [2.05, 4.69) is 131 Å². The van der Waals surface area contributed by atoms with Crippen molar-refractivity contribution < 1.29 is 0 Å². The van der Waals surface area contributed by atoms with Gasteiger partial charge in [0.25, 0.3) is 0 Å². The largest absolute Gasteiger partial charge is 0.331 e. The van der Waals surface area contributed by atoms with E-state index in [-0.39, 0.29) is 12.1 Å². The highest BCUT2D eigenvalue weighted by Crippen LogP contribution is 2.28. The zero-order valence-electron chi connectivity index (χ0n) is 18.5. The maximum atomic E-state index is 4.91. The summed E-state index contributed by atoms with van der Waals surface area (Å²) < 4.78 is 4.66. The van der Waals surface area contributed by atoms with E-state index in [1.165, 1.54) is 0 Å². The van der Waals surface area contributed by atoms with Gasteiger partial charge in [0.05, 0.1) is 34.9 Å². The number of hydrogen-bond acceptors (Lipinski definition) is 2. The lowest BCUT2D eigenvalue weighted by atomic mass is 10.3. The van der Waals surface area contributed by atoms with Gasteiger partial charge in [0.2, 0.25) is 0 Å². The second-order valence-electron chi connectivity index (χ2n) is 8.79. The molecular weight excluding hydrogens is 416 g/mol. The van der Waals surface area contributed by atoms with Crippen molar-refractivity contribution in [2.75, 3.05) is 0 Å². The number of hydrogen-bond donors (Lipinski definition) is 0. The van der Waals surface area contributed by atoms with Crippen LogP contribution in [0.25, 0.3) is 46.4 Å². The Balaban J connectivity index is 1.56. The topological polar surface area (TPSA) is 35.6 Å². The summed E-state index contributed by atoms with van der Waals surface area (Å²) in [6, 6.07) is 17.6. The summed E-state index contributed by atoms with van der Waals surface area (Å²) in [5.74, 6) is 0. The van der Waals surface area contributed by atoms with Crippen LogP contribution in [0.15, 0.2) is 97.1 Å². The third-order valence-electron chi connectivity index (χ3n) is 6.56. The zero-order chi connectivity index (χ0) is 22.5. The molecule has 0 unspecified atom stereocenters. The Kier molecular flexibility index (Phi) is 4.24. The fourth-order valence-electron chi connectivity index (χ4n) is 5.02. The summed E-state index contributed by atoms with van der Waals surface area (Å²) in [7, 11) is 0. The molecule has 0 saturated heterocycles. The number of aromatic nitrogens is 4. The van der Waals surface area contributed by atoms with Gasteiger partial charge in [-0.1, -0.05) is 48.6 Å². The van der Waals surface area contributed by atoms with Crippen molar-refractivity contribution in [3.05, 3.63) is 120 Å². The maximum absolute atomic E-state index is 4.91. The van der Waals surface area contributed by atoms with Gasteiger partial charge in [-0.3, -0.25) is 0 Å². The summed E-state index contributed by atoms with van der Waals surface area (Å²) in [5.41, 5.74) is 8.29. The van der Waals surface area contributed by atoms with Gasteiger partial charge in [0, 0.05) is 22.1 Å². The molecule has 0 fully saturated rings. The quantitative estimate of drug-likeness (QED) is 0.299. The molecular formula is C30H22N4. The molecule has 0 radical (unpaired) electrons. The van der Waals surface area contributed by atoms with Gasteiger partial charge in [-0.15, -0.1) is 0 Å². The van der Waals surface area contributed by atoms with E-state index < -0.39 is 0 Å². The molecule has 3 aromatic rings. The summed E-state index contributed by atoms with van der Waals surface area (Å²) in [6.45, 7) is 0. The van der Waals surface area contributed by atoms with Gasteiger partial charge in [-0.2, -0.15) is 0 Å². The average molecular weight is 439 g/mol. The minimum absolute atomic E-state index is 0.181. The molecule has 0 atom stereocenters. The van der Waals surface area contributed by atoms with Crippen molar-refractivity contribution in [3.8, 4) is 0 Å². The van der Waals surface area contributed by atoms with Crippen molar-refractivity contribution in [1.29, 1.82) is 0 Å². The van der Waals surface area contributed by atoms with Crippen molar-refractivity contribution >= 4 is 46.4 Å². The van der Waals surface area contributed by atoms with Crippen LogP contribution in [0.4, 0.5) is 0 Å². The average Bonchev–Trinajstić information content (AvgIpc) is 3.65. The van der Waals surface area contributed by atoms with Crippen LogP contribution in [0.3, 0.4) is 0 Å². The first kappa shape index (κ1) is 19.1. The summed E-state index contributed by atoms with van der Waals surface area (Å²) in [4.78, 5) is 9.82. The predicted octanol–water partition coefficient (Wildman–Crippen LogP) is 6.94. The number of fused-ring (bicyclic) bond motifs is 8. The van der Waals surface area contributed by atoms with E-state index >= 15 is 0 Å². The summed E-state index contributed by atoms with van der Waals surface area (Å²) in [5, 5.41) is 0. The molecule has 3 aromatic heterocycles. The predicted molar refractivity (Wildman–Crippen MR) is 141 cm³/mol. The number of rotatable bonds is 2. The second-order valence-corrected chi connectivity index (χ2v) is 8.79. The Morgan fingerprint density at radius 1 is 0.441 bits per heavy atom. The molecule has 0 saturated carbocycles. The van der Waals surface area contributed by atoms with E-state index in [4.69, 9.17) is 9.97 Å². The Morgan fingerprint density at radius 2 is 0.735 bits per heavy atom. The van der Waals surface area contributed by atoms with Crippen LogP contribution >= 0.6 is 0 Å². The summed E-state index contributed by atoms with van der Waals surface area (Å²) in [6.07, 6.45) is 25.6. The normalized spacial score (nSPS) is 16.5. The van der Waals surface area contributed by atoms with Crippen molar-refractivity contribution in [2.45, 2.75) is 12.1 Å². The van der Waals surface area contributed by atoms with Gasteiger partial charge in [0.1, 0.15) is 0 Å². The van der Waals surface area contributed by atoms with Crippen molar-refractivity contribution in [3.63, 3.8) is 0 Å². The first-order valence-electron chi connectivity index (χ1n) is 11.6. The molecule has 0 spiro atoms. The molecule has 4 heteroatoms. The third kappa shape index (κ3) is 3.23. The Hall–Kier alpha value is -4.44. The Labute approximate surface area is 197 Å². The lowest BCUT2D eigenvalue weighted by Crippen LogP contribution is -2.01. The third-order valence-corrected chi connectivity index (χ3v) is 6.56. The highest BCUT2D eigenvalue weighted by atomic mass is 15.0. The molecule has 2 aliphatic heterocycles. The van der Waals surface area contributed by atoms with E-state index in [1.807, 2.05) is 0 Å². The van der Waals surface area contributed by atoms with Crippen LogP contribution in [0.1, 0.15) is 34.9 Å². The van der Waals surface area contributed by atoms with Crippen molar-refractivity contribution in [2.24, 2.45) is 0 Å². The van der Waals surface area contributed by atoms with Crippen LogP contribution < -0.4 is 0 Å². The molecule has 0 N–H and O–H groups in total. The smallest absolute Gasteiger partial charge is 0.0712 e. The van der Waals surface area contributed by atoms with Crippen LogP contribution in [-0.4, -0.2) is 19.1 Å². The minimum Gasteiger partial charge on any atom is -0.331 e. The molecule has 8 bridgehead atoms. The number of nitrogens with zero attached hydrogens (tertiary/aromatic N) is 4. The minimum atomic E-state index is 0.181. The van der Waals surface area contributed by atoms with E-state index in [0.717, 1.165) is 44.8 Å². The van der Waals surface area contributed by atoms with Gasteiger partial charge < -0.3 is 9.13 Å². The monoisotopic (exact) mass is 438 g/mol. The number of allylic oxidation sites excluding steroid dienone is 8. The standard InChI is InChI=1S/C30H22N4/c1-2-6-25(5-1)33-27-13-14-28(33)18-22-10-12-24(32-22)20-30-16-15-29(34(30)26-7-3-4-8-26)19-23-11-9-21(17-27)31-23/h1-20,25-26H. The van der Waals surface area contributed by atoms with Crippen LogP contribution in [0.5, 0.6) is 0 Å². The first-order valence-corrected chi connectivity index (χ1v) is 11.6. The van der Waals surface area contributed by atoms with Gasteiger partial charge in [-0.25, -0.2) is 9.97 Å². The van der Waals surface area contributed by atoms with Crippen LogP contribution in [0, 0.1) is 0 Å². The fraction of sp³-hybridized carbons (Fsp3) is 0.0667. The fourth-order valence-corrected chi connectivity index (χ4v) is 5.02. The van der Waals surface area contributed by atoms with Gasteiger partial charge >= 0.3 is 0 Å². The molecule has 162 valence electrons. The first-order chi connectivity index (χ1) is 16.8. The van der Waals surface area contributed by atoms with E-state index in [9.17, 15) is 0 Å². The van der Waals surface area contributed by atoms with Crippen LogP contribution in [0.2, 0.25) is 0 Å². The van der Waals surface area contributed by atoms with E-state index in [1.54, 1.807) is 0 Å². The second kappa shape index (κ2) is 7.56. The molecule has 5 heterocycles. The molecule has 7 rings (SSSR count). The zero-order valence-corrected chi connectivity index (χ0v) is 18.5. The molecule has 0 aromatic carbocycles. The molecule has 4 aliphatic rings. The van der Waals surface area contributed by atoms with Crippen molar-refractivity contribution in [1.82, 2.24) is 19.1 Å². The lowest BCUT2D eigenvalue weighted by molar-refractivity contribution is 0.788. The highest BCUT2D eigenvalue weighted by molar-refractivity contribution is 5.78. The van der Waals surface area contributed by atoms with Gasteiger partial charge in [-0.05, 0) is 72.8 Å². The summed E-state index contributed by atoms with van der Waals surface area (Å²) >= 11 is 0. The maximum Gasteiger partial charge on any atom is 0.0712 e. The Bertz CT molecular complexity index is 1430. The van der Waals surface area contributed by atoms with Gasteiger partial charge in [0.15, 0.2) is 0 Å². The highest BCUT2D eigenvalue weighted by Gasteiger charge is 2.13. The lowest BCUT2D eigenvalue weighted by Gasteiger charge is -2.11. The molecule has 4 nitrogen and oxygen atoms in total. The Morgan fingerprint density at radius 3 is 1.03 bits per heavy atom. The van der Waals surface area contributed by atoms with Crippen LogP contribution in [-0.2, 0) is 0 Å². The SMILES string of the molecule is C1=CC(n2c3ccc2cc2nc(cc4ccc(cc5nc(c3)C=C5)n4C3C=CC=C3)C=C2)C=C1.